The zero-order chi connectivity index (χ0) is 35.1. The summed E-state index contributed by atoms with van der Waals surface area (Å²) >= 11 is 0. The predicted octanol–water partition coefficient (Wildman–Crippen LogP) is 1.70. The second-order valence-corrected chi connectivity index (χ2v) is 13.3. The summed E-state index contributed by atoms with van der Waals surface area (Å²) in [5, 5.41) is 24.5. The van der Waals surface area contributed by atoms with Crippen molar-refractivity contribution in [3.05, 3.63) is 11.1 Å². The summed E-state index contributed by atoms with van der Waals surface area (Å²) in [6.45, 7) is 12.6. The fourth-order valence-corrected chi connectivity index (χ4v) is 8.25. The van der Waals surface area contributed by atoms with Gasteiger partial charge in [0.1, 0.15) is 36.6 Å². The summed E-state index contributed by atoms with van der Waals surface area (Å²) in [5.41, 5.74) is -4.78. The molecule has 0 aromatic carbocycles. The van der Waals surface area contributed by atoms with Crippen LogP contribution in [0.4, 0.5) is 0 Å². The van der Waals surface area contributed by atoms with Crippen LogP contribution in [-0.4, -0.2) is 94.9 Å². The van der Waals surface area contributed by atoms with Crippen molar-refractivity contribution in [3.63, 3.8) is 0 Å². The second kappa shape index (κ2) is 13.3. The van der Waals surface area contributed by atoms with E-state index in [2.05, 4.69) is 0 Å². The van der Waals surface area contributed by atoms with Gasteiger partial charge in [0.15, 0.2) is 0 Å². The van der Waals surface area contributed by atoms with E-state index in [1.807, 2.05) is 0 Å². The molecule has 0 saturated heterocycles. The molecule has 14 heteroatoms. The van der Waals surface area contributed by atoms with Gasteiger partial charge in [-0.25, -0.2) is 0 Å². The van der Waals surface area contributed by atoms with Crippen LogP contribution >= 0.6 is 0 Å². The number of carbonyl (C=O) groups excluding carboxylic acids is 6. The highest BCUT2D eigenvalue weighted by atomic mass is 16.6. The van der Waals surface area contributed by atoms with Crippen molar-refractivity contribution in [1.29, 1.82) is 0 Å². The summed E-state index contributed by atoms with van der Waals surface area (Å²) < 4.78 is 34.7. The van der Waals surface area contributed by atoms with Crippen LogP contribution in [0.3, 0.4) is 0 Å². The van der Waals surface area contributed by atoms with Crippen molar-refractivity contribution in [1.82, 2.24) is 0 Å². The highest BCUT2D eigenvalue weighted by Crippen LogP contribution is 2.66. The molecule has 0 amide bonds. The van der Waals surface area contributed by atoms with Gasteiger partial charge in [-0.1, -0.05) is 6.92 Å². The largest absolute Gasteiger partial charge is 0.465 e. The number of aliphatic hydroxyl groups is 2. The van der Waals surface area contributed by atoms with Crippen LogP contribution in [0.5, 0.6) is 0 Å². The van der Waals surface area contributed by atoms with Gasteiger partial charge in [0.25, 0.3) is 0 Å². The lowest BCUT2D eigenvalue weighted by atomic mass is 9.52. The lowest BCUT2D eigenvalue weighted by molar-refractivity contribution is -0.248. The minimum absolute atomic E-state index is 0.108. The average molecular weight is 655 g/mol. The molecule has 3 rings (SSSR count). The Labute approximate surface area is 268 Å². The van der Waals surface area contributed by atoms with E-state index in [-0.39, 0.29) is 18.4 Å². The van der Waals surface area contributed by atoms with Gasteiger partial charge >= 0.3 is 35.8 Å². The molecule has 10 atom stereocenters. The summed E-state index contributed by atoms with van der Waals surface area (Å²) in [6, 6.07) is 0. The molecule has 0 heterocycles. The van der Waals surface area contributed by atoms with Gasteiger partial charge in [-0.3, -0.25) is 28.8 Å². The molecular formula is C32H46O14. The van der Waals surface area contributed by atoms with E-state index >= 15 is 0 Å². The van der Waals surface area contributed by atoms with E-state index in [0.717, 1.165) is 20.8 Å². The van der Waals surface area contributed by atoms with Crippen molar-refractivity contribution in [3.8, 4) is 0 Å². The third-order valence-corrected chi connectivity index (χ3v) is 9.79. The van der Waals surface area contributed by atoms with Crippen LogP contribution < -0.4 is 0 Å². The van der Waals surface area contributed by atoms with Gasteiger partial charge in [0.05, 0.1) is 23.0 Å². The Morgan fingerprint density at radius 3 is 1.74 bits per heavy atom. The lowest BCUT2D eigenvalue weighted by Crippen LogP contribution is -2.67. The summed E-state index contributed by atoms with van der Waals surface area (Å²) in [5.74, 6) is -6.60. The second-order valence-electron chi connectivity index (χ2n) is 13.3. The number of hydrogen-bond donors (Lipinski definition) is 2. The predicted molar refractivity (Wildman–Crippen MR) is 156 cm³/mol. The molecule has 2 N–H and O–H groups in total. The number of esters is 6. The molecule has 14 nitrogen and oxygen atoms in total. The third-order valence-electron chi connectivity index (χ3n) is 9.79. The molecule has 10 unspecified atom stereocenters. The molecule has 46 heavy (non-hydrogen) atoms. The molecule has 0 aliphatic heterocycles. The number of aliphatic hydroxyl groups excluding tert-OH is 1. The Kier molecular flexibility index (Phi) is 10.7. The van der Waals surface area contributed by atoms with Crippen LogP contribution in [0.25, 0.3) is 0 Å². The monoisotopic (exact) mass is 654 g/mol. The fraction of sp³-hybridized carbons (Fsp3) is 0.750. The molecule has 2 fully saturated rings. The van der Waals surface area contributed by atoms with Crippen LogP contribution in [-0.2, 0) is 57.2 Å². The Morgan fingerprint density at radius 2 is 1.28 bits per heavy atom. The molecule has 2 saturated carbocycles. The molecule has 0 aromatic heterocycles. The van der Waals surface area contributed by atoms with Crippen molar-refractivity contribution >= 4 is 35.8 Å². The maximum Gasteiger partial charge on any atom is 0.303 e. The van der Waals surface area contributed by atoms with E-state index in [1.165, 1.54) is 34.6 Å². The minimum atomic E-state index is -1.84. The zero-order valence-electron chi connectivity index (χ0n) is 28.0. The summed E-state index contributed by atoms with van der Waals surface area (Å²) in [7, 11) is 0. The van der Waals surface area contributed by atoms with Gasteiger partial charge in [-0.05, 0) is 31.9 Å². The summed E-state index contributed by atoms with van der Waals surface area (Å²) in [6.07, 6.45) is -8.38. The summed E-state index contributed by atoms with van der Waals surface area (Å²) in [4.78, 5) is 75.1. The SMILES string of the molecule is CC(=O)OCC1C(OC(C)=O)CC(OC(C)=O)C2(C)C(OC(C)=O)C(O)C3=C(C)C(OC(C)=O)CC3(C(C)(C)O)C(OC(C)=O)C12. The first kappa shape index (κ1) is 36.9. The van der Waals surface area contributed by atoms with E-state index in [1.54, 1.807) is 13.8 Å². The maximum atomic E-state index is 13.0. The number of rotatable bonds is 8. The van der Waals surface area contributed by atoms with Gasteiger partial charge < -0.3 is 38.6 Å². The quantitative estimate of drug-likeness (QED) is 0.218. The van der Waals surface area contributed by atoms with Crippen LogP contribution in [0.2, 0.25) is 0 Å². The molecule has 0 spiro atoms. The molecule has 0 bridgehead atoms. The Morgan fingerprint density at radius 1 is 0.783 bits per heavy atom. The van der Waals surface area contributed by atoms with E-state index in [0.29, 0.717) is 5.57 Å². The molecule has 258 valence electrons. The number of hydrogen-bond acceptors (Lipinski definition) is 14. The standard InChI is InChI=1S/C32H46O14/c1-14-23(43-17(4)35)12-32(30(8,9)40)25(14)27(39)29(46-20(7)38)31(10)24(44-18(5)36)11-22(42-16(3)34)21(13-41-15(2)33)26(31)28(32)45-19(6)37/h21-24,26-29,39-40H,11-13H2,1-10H3. The molecule has 3 aliphatic carbocycles. The molecule has 0 aromatic rings. The molecular weight excluding hydrogens is 608 g/mol. The third kappa shape index (κ3) is 6.64. The van der Waals surface area contributed by atoms with Crippen molar-refractivity contribution in [2.75, 3.05) is 6.61 Å². The van der Waals surface area contributed by atoms with Gasteiger partial charge in [-0.15, -0.1) is 0 Å². The first-order chi connectivity index (χ1) is 21.1. The lowest BCUT2D eigenvalue weighted by Gasteiger charge is -2.58. The van der Waals surface area contributed by atoms with Crippen molar-refractivity contribution < 1.29 is 67.4 Å². The highest BCUT2D eigenvalue weighted by molar-refractivity contribution is 5.69. The average Bonchev–Trinajstić information content (AvgIpc) is 3.14. The number of fused-ring (bicyclic) bond motifs is 2. The van der Waals surface area contributed by atoms with Crippen LogP contribution in [0, 0.1) is 22.7 Å². The van der Waals surface area contributed by atoms with Crippen LogP contribution in [0.1, 0.15) is 82.1 Å². The van der Waals surface area contributed by atoms with Gasteiger partial charge in [-0.2, -0.15) is 0 Å². The van der Waals surface area contributed by atoms with E-state index in [4.69, 9.17) is 28.4 Å². The Bertz CT molecular complexity index is 1300. The molecule has 0 radical (unpaired) electrons. The maximum absolute atomic E-state index is 13.0. The van der Waals surface area contributed by atoms with E-state index < -0.39 is 107 Å². The number of ether oxygens (including phenoxy) is 6. The fourth-order valence-electron chi connectivity index (χ4n) is 8.25. The Balaban J connectivity index is 2.58. The topological polar surface area (TPSA) is 198 Å². The first-order valence-electron chi connectivity index (χ1n) is 15.2. The van der Waals surface area contributed by atoms with E-state index in [9.17, 15) is 39.0 Å². The minimum Gasteiger partial charge on any atom is -0.465 e. The van der Waals surface area contributed by atoms with Crippen LogP contribution in [0.15, 0.2) is 11.1 Å². The highest BCUT2D eigenvalue weighted by Gasteiger charge is 2.74. The number of carbonyl (C=O) groups is 6. The normalized spacial score (nSPS) is 35.5. The zero-order valence-corrected chi connectivity index (χ0v) is 28.0. The van der Waals surface area contributed by atoms with Crippen molar-refractivity contribution in [2.24, 2.45) is 22.7 Å². The van der Waals surface area contributed by atoms with Gasteiger partial charge in [0, 0.05) is 66.2 Å². The smallest absolute Gasteiger partial charge is 0.303 e. The van der Waals surface area contributed by atoms with Crippen molar-refractivity contribution in [2.45, 2.75) is 124 Å². The Hall–Kier alpha value is -3.52. The first-order valence-corrected chi connectivity index (χ1v) is 15.2. The molecule has 3 aliphatic rings. The van der Waals surface area contributed by atoms with Gasteiger partial charge in [0.2, 0.25) is 0 Å².